The van der Waals surface area contributed by atoms with Gasteiger partial charge in [-0.25, -0.2) is 4.68 Å². The zero-order chi connectivity index (χ0) is 14.9. The minimum absolute atomic E-state index is 0.350. The van der Waals surface area contributed by atoms with Crippen LogP contribution in [0.15, 0.2) is 18.2 Å². The Kier molecular flexibility index (Phi) is 3.66. The Morgan fingerprint density at radius 2 is 2.05 bits per heavy atom. The summed E-state index contributed by atoms with van der Waals surface area (Å²) in [6.07, 6.45) is 6.35. The third-order valence-corrected chi connectivity index (χ3v) is 4.88. The highest BCUT2D eigenvalue weighted by Gasteiger charge is 2.33. The van der Waals surface area contributed by atoms with E-state index in [-0.39, 0.29) is 0 Å². The third-order valence-electron chi connectivity index (χ3n) is 4.88. The van der Waals surface area contributed by atoms with Crippen molar-refractivity contribution in [1.82, 2.24) is 20.2 Å². The van der Waals surface area contributed by atoms with Crippen molar-refractivity contribution in [2.45, 2.75) is 52.5 Å². The SMILES string of the molecule is CCC1(Cn2nnnc2-c2cc(C)ccc2N)CCCC1. The summed E-state index contributed by atoms with van der Waals surface area (Å²) >= 11 is 0. The number of hydrogen-bond acceptors (Lipinski definition) is 4. The predicted molar refractivity (Wildman–Crippen MR) is 83.6 cm³/mol. The Hall–Kier alpha value is -1.91. The second kappa shape index (κ2) is 5.47. The summed E-state index contributed by atoms with van der Waals surface area (Å²) in [6.45, 7) is 5.22. The fourth-order valence-corrected chi connectivity index (χ4v) is 3.43. The first kappa shape index (κ1) is 14.0. The van der Waals surface area contributed by atoms with E-state index >= 15 is 0 Å². The van der Waals surface area contributed by atoms with Crippen molar-refractivity contribution in [3.8, 4) is 11.4 Å². The van der Waals surface area contributed by atoms with E-state index in [0.717, 1.165) is 23.6 Å². The van der Waals surface area contributed by atoms with Gasteiger partial charge in [0.15, 0.2) is 5.82 Å². The molecule has 5 heteroatoms. The van der Waals surface area contributed by atoms with Crippen LogP contribution in [0.3, 0.4) is 0 Å². The maximum atomic E-state index is 6.11. The molecule has 112 valence electrons. The first-order valence-electron chi connectivity index (χ1n) is 7.76. The molecule has 0 unspecified atom stereocenters. The van der Waals surface area contributed by atoms with E-state index in [2.05, 4.69) is 35.4 Å². The average molecular weight is 285 g/mol. The van der Waals surface area contributed by atoms with Crippen LogP contribution in [-0.2, 0) is 6.54 Å². The zero-order valence-corrected chi connectivity index (χ0v) is 12.8. The van der Waals surface area contributed by atoms with Crippen LogP contribution >= 0.6 is 0 Å². The molecule has 0 saturated heterocycles. The van der Waals surface area contributed by atoms with E-state index in [1.807, 2.05) is 16.8 Å². The van der Waals surface area contributed by atoms with Gasteiger partial charge in [-0.05, 0) is 54.2 Å². The first-order valence-corrected chi connectivity index (χ1v) is 7.76. The summed E-state index contributed by atoms with van der Waals surface area (Å²) in [7, 11) is 0. The average Bonchev–Trinajstić information content (AvgIpc) is 3.12. The lowest BCUT2D eigenvalue weighted by atomic mass is 9.83. The molecule has 1 aliphatic rings. The van der Waals surface area contributed by atoms with Gasteiger partial charge in [-0.3, -0.25) is 0 Å². The van der Waals surface area contributed by atoms with Crippen LogP contribution < -0.4 is 5.73 Å². The number of nitrogens with zero attached hydrogens (tertiary/aromatic N) is 4. The number of aryl methyl sites for hydroxylation is 1. The summed E-state index contributed by atoms with van der Waals surface area (Å²) in [5, 5.41) is 12.3. The molecule has 0 aliphatic heterocycles. The molecule has 1 fully saturated rings. The molecule has 2 aromatic rings. The van der Waals surface area contributed by atoms with Gasteiger partial charge in [-0.2, -0.15) is 0 Å². The Balaban J connectivity index is 1.96. The van der Waals surface area contributed by atoms with Crippen LogP contribution in [-0.4, -0.2) is 20.2 Å². The summed E-state index contributed by atoms with van der Waals surface area (Å²) in [5.41, 5.74) is 9.30. The molecule has 0 amide bonds. The minimum Gasteiger partial charge on any atom is -0.398 e. The number of hydrogen-bond donors (Lipinski definition) is 1. The number of benzene rings is 1. The standard InChI is InChI=1S/C16H23N5/c1-3-16(8-4-5-9-16)11-21-15(18-19-20-21)13-10-12(2)6-7-14(13)17/h6-7,10H,3-5,8-9,11,17H2,1-2H3. The second-order valence-corrected chi connectivity index (χ2v) is 6.31. The van der Waals surface area contributed by atoms with Crippen molar-refractivity contribution in [1.29, 1.82) is 0 Å². The zero-order valence-electron chi connectivity index (χ0n) is 12.8. The van der Waals surface area contributed by atoms with Gasteiger partial charge in [0, 0.05) is 11.3 Å². The van der Waals surface area contributed by atoms with Gasteiger partial charge in [0.2, 0.25) is 0 Å². The maximum Gasteiger partial charge on any atom is 0.184 e. The lowest BCUT2D eigenvalue weighted by Gasteiger charge is -2.27. The van der Waals surface area contributed by atoms with Crippen LogP contribution in [0.4, 0.5) is 5.69 Å². The quantitative estimate of drug-likeness (QED) is 0.876. The monoisotopic (exact) mass is 285 g/mol. The van der Waals surface area contributed by atoms with Crippen molar-refractivity contribution in [3.05, 3.63) is 23.8 Å². The lowest BCUT2D eigenvalue weighted by Crippen LogP contribution is -2.24. The van der Waals surface area contributed by atoms with Crippen LogP contribution in [0, 0.1) is 12.3 Å². The maximum absolute atomic E-state index is 6.11. The highest BCUT2D eigenvalue weighted by atomic mass is 15.5. The Morgan fingerprint density at radius 3 is 2.76 bits per heavy atom. The van der Waals surface area contributed by atoms with E-state index in [1.54, 1.807) is 0 Å². The van der Waals surface area contributed by atoms with Gasteiger partial charge in [0.05, 0.1) is 6.54 Å². The Morgan fingerprint density at radius 1 is 1.29 bits per heavy atom. The highest BCUT2D eigenvalue weighted by molar-refractivity contribution is 5.72. The molecular weight excluding hydrogens is 262 g/mol. The molecule has 0 spiro atoms. The van der Waals surface area contributed by atoms with Gasteiger partial charge in [0.1, 0.15) is 0 Å². The normalized spacial score (nSPS) is 17.2. The van der Waals surface area contributed by atoms with Crippen LogP contribution in [0.25, 0.3) is 11.4 Å². The molecule has 0 radical (unpaired) electrons. The highest BCUT2D eigenvalue weighted by Crippen LogP contribution is 2.42. The van der Waals surface area contributed by atoms with E-state index in [9.17, 15) is 0 Å². The smallest absolute Gasteiger partial charge is 0.184 e. The Labute approximate surface area is 125 Å². The predicted octanol–water partition coefficient (Wildman–Crippen LogP) is 3.20. The van der Waals surface area contributed by atoms with Crippen LogP contribution in [0.1, 0.15) is 44.6 Å². The first-order chi connectivity index (χ1) is 10.1. The van der Waals surface area contributed by atoms with E-state index in [0.29, 0.717) is 5.41 Å². The minimum atomic E-state index is 0.350. The molecule has 5 nitrogen and oxygen atoms in total. The van der Waals surface area contributed by atoms with Gasteiger partial charge >= 0.3 is 0 Å². The molecule has 1 aromatic carbocycles. The number of aromatic nitrogens is 4. The largest absolute Gasteiger partial charge is 0.398 e. The third kappa shape index (κ3) is 2.64. The molecule has 0 atom stereocenters. The molecular formula is C16H23N5. The lowest BCUT2D eigenvalue weighted by molar-refractivity contribution is 0.226. The fourth-order valence-electron chi connectivity index (χ4n) is 3.43. The van der Waals surface area contributed by atoms with Gasteiger partial charge in [-0.1, -0.05) is 31.4 Å². The fraction of sp³-hybridized carbons (Fsp3) is 0.562. The van der Waals surface area contributed by atoms with Gasteiger partial charge in [-0.15, -0.1) is 5.10 Å². The van der Waals surface area contributed by atoms with Crippen molar-refractivity contribution < 1.29 is 0 Å². The van der Waals surface area contributed by atoms with Gasteiger partial charge < -0.3 is 5.73 Å². The van der Waals surface area contributed by atoms with Crippen molar-refractivity contribution in [3.63, 3.8) is 0 Å². The number of tetrazole rings is 1. The summed E-state index contributed by atoms with van der Waals surface area (Å²) in [6, 6.07) is 6.00. The van der Waals surface area contributed by atoms with E-state index < -0.39 is 0 Å². The number of rotatable bonds is 4. The Bertz CT molecular complexity index is 625. The molecule has 1 saturated carbocycles. The van der Waals surface area contributed by atoms with Crippen LogP contribution in [0.2, 0.25) is 0 Å². The van der Waals surface area contributed by atoms with Crippen molar-refractivity contribution in [2.24, 2.45) is 5.41 Å². The number of nitrogen functional groups attached to an aromatic ring is 1. The summed E-state index contributed by atoms with van der Waals surface area (Å²) < 4.78 is 1.94. The number of anilines is 1. The molecule has 1 heterocycles. The van der Waals surface area contributed by atoms with Crippen molar-refractivity contribution >= 4 is 5.69 Å². The molecule has 0 bridgehead atoms. The molecule has 2 N–H and O–H groups in total. The number of nitrogens with two attached hydrogens (primary N) is 1. The topological polar surface area (TPSA) is 69.6 Å². The second-order valence-electron chi connectivity index (χ2n) is 6.31. The molecule has 1 aliphatic carbocycles. The molecule has 3 rings (SSSR count). The van der Waals surface area contributed by atoms with E-state index in [1.165, 1.54) is 37.7 Å². The summed E-state index contributed by atoms with van der Waals surface area (Å²) in [5.74, 6) is 0.788. The van der Waals surface area contributed by atoms with Crippen molar-refractivity contribution in [2.75, 3.05) is 5.73 Å². The van der Waals surface area contributed by atoms with E-state index in [4.69, 9.17) is 5.73 Å². The molecule has 21 heavy (non-hydrogen) atoms. The molecule has 1 aromatic heterocycles. The van der Waals surface area contributed by atoms with Gasteiger partial charge in [0.25, 0.3) is 0 Å². The summed E-state index contributed by atoms with van der Waals surface area (Å²) in [4.78, 5) is 0. The van der Waals surface area contributed by atoms with Crippen LogP contribution in [0.5, 0.6) is 0 Å².